The summed E-state index contributed by atoms with van der Waals surface area (Å²) in [7, 11) is 0. The Morgan fingerprint density at radius 3 is 2.87 bits per heavy atom. The number of benzene rings is 1. The van der Waals surface area contributed by atoms with Crippen LogP contribution in [0, 0.1) is 5.41 Å². The van der Waals surface area contributed by atoms with Gasteiger partial charge in [-0.25, -0.2) is 9.97 Å². The topological polar surface area (TPSA) is 112 Å². The normalized spacial score (nSPS) is 10.8. The molecule has 2 heterocycles. The van der Waals surface area contributed by atoms with E-state index in [1.54, 1.807) is 23.9 Å². The van der Waals surface area contributed by atoms with E-state index in [2.05, 4.69) is 9.97 Å². The van der Waals surface area contributed by atoms with E-state index in [-0.39, 0.29) is 18.5 Å². The molecule has 0 radical (unpaired) electrons. The first-order valence-electron chi connectivity index (χ1n) is 7.10. The molecular weight excluding hydrogens is 296 g/mol. The number of fused-ring (bicyclic) bond motifs is 1. The fourth-order valence-corrected chi connectivity index (χ4v) is 2.41. The van der Waals surface area contributed by atoms with Crippen molar-refractivity contribution in [1.82, 2.24) is 19.1 Å². The van der Waals surface area contributed by atoms with Crippen LogP contribution in [0.4, 0.5) is 0 Å². The highest BCUT2D eigenvalue weighted by Gasteiger charge is 2.19. The molecule has 118 valence electrons. The Labute approximate surface area is 132 Å². The van der Waals surface area contributed by atoms with Gasteiger partial charge in [0, 0.05) is 12.4 Å². The van der Waals surface area contributed by atoms with Crippen LogP contribution in [0.1, 0.15) is 6.92 Å². The Hall–Kier alpha value is -3.16. The molecule has 8 heteroatoms. The van der Waals surface area contributed by atoms with Crippen LogP contribution in [0.3, 0.4) is 0 Å². The van der Waals surface area contributed by atoms with Gasteiger partial charge in [0.2, 0.25) is 0 Å². The zero-order valence-electron chi connectivity index (χ0n) is 12.6. The van der Waals surface area contributed by atoms with Gasteiger partial charge in [-0.3, -0.25) is 14.8 Å². The zero-order chi connectivity index (χ0) is 16.4. The molecule has 1 aromatic carbocycles. The molecule has 0 saturated heterocycles. The molecule has 0 fully saturated rings. The SMILES string of the molecule is CCOC(=O)Cn1ccnc1-c1nc2ccccc2n1C(=N)N. The number of nitrogens with one attached hydrogen (secondary N) is 1. The number of nitrogens with zero attached hydrogens (tertiary/aromatic N) is 4. The lowest BCUT2D eigenvalue weighted by molar-refractivity contribution is -0.143. The predicted molar refractivity (Wildman–Crippen MR) is 84.9 cm³/mol. The Morgan fingerprint density at radius 2 is 2.13 bits per heavy atom. The Balaban J connectivity index is 2.11. The largest absolute Gasteiger partial charge is 0.465 e. The van der Waals surface area contributed by atoms with Gasteiger partial charge in [-0.15, -0.1) is 0 Å². The number of rotatable bonds is 4. The number of para-hydroxylation sites is 2. The molecule has 0 bridgehead atoms. The second-order valence-corrected chi connectivity index (χ2v) is 4.83. The lowest BCUT2D eigenvalue weighted by Crippen LogP contribution is -2.22. The van der Waals surface area contributed by atoms with Crippen LogP contribution in [0.15, 0.2) is 36.7 Å². The summed E-state index contributed by atoms with van der Waals surface area (Å²) in [6, 6.07) is 7.36. The van der Waals surface area contributed by atoms with Crippen molar-refractivity contribution in [3.8, 4) is 11.6 Å². The third-order valence-electron chi connectivity index (χ3n) is 3.32. The van der Waals surface area contributed by atoms with Gasteiger partial charge in [-0.1, -0.05) is 12.1 Å². The second kappa shape index (κ2) is 5.91. The molecule has 0 spiro atoms. The summed E-state index contributed by atoms with van der Waals surface area (Å²) in [4.78, 5) is 20.5. The number of carbonyl (C=O) groups excluding carboxylic acids is 1. The Bertz CT molecular complexity index is 879. The smallest absolute Gasteiger partial charge is 0.326 e. The highest BCUT2D eigenvalue weighted by Crippen LogP contribution is 2.23. The number of imidazole rings is 2. The summed E-state index contributed by atoms with van der Waals surface area (Å²) in [6.07, 6.45) is 3.23. The van der Waals surface area contributed by atoms with E-state index in [4.69, 9.17) is 15.9 Å². The van der Waals surface area contributed by atoms with Gasteiger partial charge in [0.15, 0.2) is 17.6 Å². The van der Waals surface area contributed by atoms with Gasteiger partial charge in [-0.2, -0.15) is 0 Å². The Kier molecular flexibility index (Phi) is 3.80. The van der Waals surface area contributed by atoms with E-state index >= 15 is 0 Å². The highest BCUT2D eigenvalue weighted by atomic mass is 16.5. The quantitative estimate of drug-likeness (QED) is 0.427. The summed E-state index contributed by atoms with van der Waals surface area (Å²) >= 11 is 0. The maximum absolute atomic E-state index is 11.7. The number of nitrogen functional groups attached to an aromatic ring is 1. The Morgan fingerprint density at radius 1 is 1.35 bits per heavy atom. The van der Waals surface area contributed by atoms with Crippen molar-refractivity contribution in [3.63, 3.8) is 0 Å². The molecule has 0 aliphatic rings. The molecule has 8 nitrogen and oxygen atoms in total. The van der Waals surface area contributed by atoms with Crippen LogP contribution in [0.5, 0.6) is 0 Å². The van der Waals surface area contributed by atoms with Crippen molar-refractivity contribution >= 4 is 23.0 Å². The molecule has 0 aliphatic heterocycles. The standard InChI is InChI=1S/C15H16N6O2/c1-2-23-12(22)9-20-8-7-18-13(20)14-19-10-5-3-4-6-11(10)21(14)15(16)17/h3-8H,2,9H2,1H3,(H3,16,17). The van der Waals surface area contributed by atoms with Crippen LogP contribution in [-0.2, 0) is 16.1 Å². The van der Waals surface area contributed by atoms with Crippen molar-refractivity contribution in [2.24, 2.45) is 5.73 Å². The summed E-state index contributed by atoms with van der Waals surface area (Å²) in [6.45, 7) is 2.08. The van der Waals surface area contributed by atoms with E-state index in [0.717, 1.165) is 0 Å². The second-order valence-electron chi connectivity index (χ2n) is 4.83. The number of ether oxygens (including phenoxy) is 1. The molecule has 0 unspecified atom stereocenters. The van der Waals surface area contributed by atoms with E-state index in [1.807, 2.05) is 24.3 Å². The molecule has 3 N–H and O–H groups in total. The number of hydrogen-bond acceptors (Lipinski definition) is 5. The van der Waals surface area contributed by atoms with Crippen LogP contribution in [0.2, 0.25) is 0 Å². The van der Waals surface area contributed by atoms with Gasteiger partial charge in [0.05, 0.1) is 17.6 Å². The van der Waals surface area contributed by atoms with Crippen molar-refractivity contribution in [1.29, 1.82) is 5.41 Å². The number of nitrogens with two attached hydrogens (primary N) is 1. The highest BCUT2D eigenvalue weighted by molar-refractivity contribution is 5.93. The predicted octanol–water partition coefficient (Wildman–Crippen LogP) is 1.20. The average molecular weight is 312 g/mol. The number of hydrogen-bond donors (Lipinski definition) is 2. The third kappa shape index (κ3) is 2.66. The molecule has 0 amide bonds. The molecule has 0 saturated carbocycles. The number of esters is 1. The molecule has 0 aliphatic carbocycles. The maximum Gasteiger partial charge on any atom is 0.326 e. The minimum Gasteiger partial charge on any atom is -0.465 e. The third-order valence-corrected chi connectivity index (χ3v) is 3.32. The van der Waals surface area contributed by atoms with Crippen LogP contribution >= 0.6 is 0 Å². The first-order valence-corrected chi connectivity index (χ1v) is 7.10. The molecule has 0 atom stereocenters. The lowest BCUT2D eigenvalue weighted by Gasteiger charge is -2.09. The van der Waals surface area contributed by atoms with E-state index in [9.17, 15) is 4.79 Å². The van der Waals surface area contributed by atoms with Crippen LogP contribution in [-0.4, -0.2) is 37.6 Å². The molecular formula is C15H16N6O2. The first kappa shape index (κ1) is 14.8. The maximum atomic E-state index is 11.7. The van der Waals surface area contributed by atoms with Gasteiger partial charge >= 0.3 is 5.97 Å². The zero-order valence-corrected chi connectivity index (χ0v) is 12.6. The lowest BCUT2D eigenvalue weighted by atomic mass is 10.3. The summed E-state index contributed by atoms with van der Waals surface area (Å²) < 4.78 is 8.08. The van der Waals surface area contributed by atoms with Gasteiger partial charge < -0.3 is 15.0 Å². The average Bonchev–Trinajstić information content (AvgIpc) is 3.10. The van der Waals surface area contributed by atoms with Crippen LogP contribution < -0.4 is 5.73 Å². The minimum absolute atomic E-state index is 0.0181. The number of carbonyl (C=O) groups is 1. The van der Waals surface area contributed by atoms with E-state index in [0.29, 0.717) is 29.3 Å². The molecule has 3 aromatic rings. The summed E-state index contributed by atoms with van der Waals surface area (Å²) in [5.74, 6) is 0.328. The van der Waals surface area contributed by atoms with Gasteiger partial charge in [0.1, 0.15) is 6.54 Å². The summed E-state index contributed by atoms with van der Waals surface area (Å²) in [5, 5.41) is 7.83. The monoisotopic (exact) mass is 312 g/mol. The van der Waals surface area contributed by atoms with Gasteiger partial charge in [-0.05, 0) is 19.1 Å². The van der Waals surface area contributed by atoms with Crippen molar-refractivity contribution < 1.29 is 9.53 Å². The summed E-state index contributed by atoms with van der Waals surface area (Å²) in [5.41, 5.74) is 7.11. The molecule has 2 aromatic heterocycles. The first-order chi connectivity index (χ1) is 11.1. The fourth-order valence-electron chi connectivity index (χ4n) is 2.41. The van der Waals surface area contributed by atoms with E-state index < -0.39 is 0 Å². The van der Waals surface area contributed by atoms with Crippen molar-refractivity contribution in [2.45, 2.75) is 13.5 Å². The van der Waals surface area contributed by atoms with Gasteiger partial charge in [0.25, 0.3) is 0 Å². The van der Waals surface area contributed by atoms with E-state index in [1.165, 1.54) is 4.57 Å². The molecule has 3 rings (SSSR count). The fraction of sp³-hybridized carbons (Fsp3) is 0.200. The van der Waals surface area contributed by atoms with Crippen molar-refractivity contribution in [3.05, 3.63) is 36.7 Å². The molecule has 23 heavy (non-hydrogen) atoms. The van der Waals surface area contributed by atoms with Crippen LogP contribution in [0.25, 0.3) is 22.7 Å². The van der Waals surface area contributed by atoms with Crippen molar-refractivity contribution in [2.75, 3.05) is 6.61 Å². The minimum atomic E-state index is -0.364. The number of aromatic nitrogens is 4.